The number of allylic oxidation sites excluding steroid dienone is 2. The summed E-state index contributed by atoms with van der Waals surface area (Å²) in [7, 11) is -1.89. The van der Waals surface area contributed by atoms with Gasteiger partial charge in [-0.15, -0.1) is 0 Å². The summed E-state index contributed by atoms with van der Waals surface area (Å²) in [6, 6.07) is 20.5. The molecule has 1 amide bonds. The summed E-state index contributed by atoms with van der Waals surface area (Å²) in [4.78, 5) is 20.1. The van der Waals surface area contributed by atoms with E-state index in [9.17, 15) is 13.4 Å². The van der Waals surface area contributed by atoms with E-state index in [1.807, 2.05) is 50.3 Å². The molecular formula is C28H24ClFN4O2S. The minimum atomic E-state index is -1.89. The van der Waals surface area contributed by atoms with Crippen molar-refractivity contribution in [1.82, 2.24) is 0 Å². The number of hydrogen-bond donors (Lipinski definition) is 2. The van der Waals surface area contributed by atoms with Crippen LogP contribution in [0.2, 0.25) is 5.02 Å². The maximum atomic E-state index is 14.5. The number of nitrogens with zero attached hydrogens (tertiary/aromatic N) is 2. The topological polar surface area (TPSA) is 73.8 Å². The molecule has 37 heavy (non-hydrogen) atoms. The van der Waals surface area contributed by atoms with Crippen molar-refractivity contribution in [3.8, 4) is 0 Å². The number of fused-ring (bicyclic) bond motifs is 1. The van der Waals surface area contributed by atoms with Crippen LogP contribution in [-0.4, -0.2) is 21.5 Å². The molecule has 3 aromatic carbocycles. The highest BCUT2D eigenvalue weighted by Gasteiger charge is 2.42. The van der Waals surface area contributed by atoms with E-state index in [1.54, 1.807) is 30.3 Å². The van der Waals surface area contributed by atoms with Gasteiger partial charge in [-0.2, -0.15) is 0 Å². The zero-order valence-electron chi connectivity index (χ0n) is 20.2. The Balaban J connectivity index is 1.34. The smallest absolute Gasteiger partial charge is 0.251 e. The van der Waals surface area contributed by atoms with Gasteiger partial charge in [-0.3, -0.25) is 9.79 Å². The van der Waals surface area contributed by atoms with Crippen LogP contribution >= 0.6 is 11.6 Å². The molecule has 2 atom stereocenters. The van der Waals surface area contributed by atoms with Gasteiger partial charge in [0.05, 0.1) is 10.6 Å². The Labute approximate surface area is 222 Å². The van der Waals surface area contributed by atoms with Crippen molar-refractivity contribution in [2.24, 2.45) is 4.99 Å². The number of aliphatic imine (C=N–C) groups is 1. The van der Waals surface area contributed by atoms with Crippen LogP contribution in [0.5, 0.6) is 0 Å². The van der Waals surface area contributed by atoms with Crippen LogP contribution in [0.1, 0.15) is 20.3 Å². The fraction of sp³-hybridized carbons (Fsp3) is 0.143. The number of carbonyl (C=O) groups is 1. The molecule has 3 aromatic rings. The van der Waals surface area contributed by atoms with E-state index in [4.69, 9.17) is 16.6 Å². The van der Waals surface area contributed by atoms with Gasteiger partial charge in [0.2, 0.25) is 0 Å². The largest absolute Gasteiger partial charge is 0.322 e. The molecule has 9 heteroatoms. The molecule has 2 N–H and O–H groups in total. The van der Waals surface area contributed by atoms with Gasteiger partial charge in [0, 0.05) is 34.1 Å². The summed E-state index contributed by atoms with van der Waals surface area (Å²) in [6.45, 7) is 3.96. The zero-order chi connectivity index (χ0) is 26.2. The predicted octanol–water partition coefficient (Wildman–Crippen LogP) is 6.46. The Morgan fingerprint density at radius 1 is 1.05 bits per heavy atom. The van der Waals surface area contributed by atoms with E-state index in [-0.39, 0.29) is 10.8 Å². The monoisotopic (exact) mass is 534 g/mol. The number of nitrogens with one attached hydrogen (secondary N) is 2. The van der Waals surface area contributed by atoms with Gasteiger partial charge in [0.1, 0.15) is 17.2 Å². The van der Waals surface area contributed by atoms with Gasteiger partial charge in [-0.25, -0.2) is 8.60 Å². The lowest BCUT2D eigenvalue weighted by Gasteiger charge is -2.31. The molecule has 0 fully saturated rings. The molecule has 6 nitrogen and oxygen atoms in total. The van der Waals surface area contributed by atoms with E-state index >= 15 is 0 Å². The molecule has 0 spiro atoms. The van der Waals surface area contributed by atoms with Gasteiger partial charge < -0.3 is 14.9 Å². The first-order valence-corrected chi connectivity index (χ1v) is 13.1. The minimum absolute atomic E-state index is 0.0750. The fourth-order valence-electron chi connectivity index (χ4n) is 4.55. The quantitative estimate of drug-likeness (QED) is 0.381. The number of amides is 1. The molecule has 188 valence electrons. The Morgan fingerprint density at radius 3 is 2.49 bits per heavy atom. The van der Waals surface area contributed by atoms with Crippen molar-refractivity contribution in [3.05, 3.63) is 107 Å². The number of benzene rings is 3. The normalized spacial score (nSPS) is 19.4. The number of hydrogen-bond acceptors (Lipinski definition) is 4. The Bertz CT molecular complexity index is 1490. The van der Waals surface area contributed by atoms with E-state index in [0.29, 0.717) is 28.4 Å². The van der Waals surface area contributed by atoms with Crippen molar-refractivity contribution in [3.63, 3.8) is 0 Å². The zero-order valence-corrected chi connectivity index (χ0v) is 21.7. The Morgan fingerprint density at radius 2 is 1.76 bits per heavy atom. The highest BCUT2D eigenvalue weighted by atomic mass is 35.5. The molecule has 0 saturated heterocycles. The lowest BCUT2D eigenvalue weighted by molar-refractivity contribution is -0.113. The van der Waals surface area contributed by atoms with E-state index < -0.39 is 22.3 Å². The van der Waals surface area contributed by atoms with Crippen molar-refractivity contribution >= 4 is 51.4 Å². The summed E-state index contributed by atoms with van der Waals surface area (Å²) < 4.78 is 30.0. The number of rotatable bonds is 6. The van der Waals surface area contributed by atoms with Gasteiger partial charge in [-0.05, 0) is 74.5 Å². The standard InChI is InChI=1S/C28H24ClFN4O2S/c1-18-32-28(2)17-19(8-15-26(28)34(18)23-6-4-3-5-7-23)27(35)31-22-13-14-24(30)25(16-22)37(36)33-21-11-9-20(29)10-12-21/h3-16,33H,17H2,1-2H3,(H,31,35). The van der Waals surface area contributed by atoms with Crippen LogP contribution in [-0.2, 0) is 15.8 Å². The molecule has 0 bridgehead atoms. The average molecular weight is 535 g/mol. The van der Waals surface area contributed by atoms with Crippen molar-refractivity contribution in [2.45, 2.75) is 30.7 Å². The van der Waals surface area contributed by atoms with Crippen LogP contribution in [0.25, 0.3) is 0 Å². The number of amidine groups is 1. The van der Waals surface area contributed by atoms with Crippen LogP contribution in [0.4, 0.5) is 21.5 Å². The molecule has 2 aliphatic rings. The number of halogens is 2. The van der Waals surface area contributed by atoms with Gasteiger partial charge >= 0.3 is 0 Å². The molecule has 1 heterocycles. The first kappa shape index (κ1) is 24.9. The fourth-order valence-corrected chi connectivity index (χ4v) is 5.61. The molecule has 0 aromatic heterocycles. The first-order chi connectivity index (χ1) is 17.7. The van der Waals surface area contributed by atoms with Crippen molar-refractivity contribution < 1.29 is 13.4 Å². The lowest BCUT2D eigenvalue weighted by atomic mass is 9.85. The second-order valence-corrected chi connectivity index (χ2v) is 10.6. The number of para-hydroxylation sites is 1. The Hall–Kier alpha value is -3.75. The molecule has 5 rings (SSSR count). The van der Waals surface area contributed by atoms with Crippen LogP contribution in [0.15, 0.2) is 106 Å². The third kappa shape index (κ3) is 5.08. The summed E-state index contributed by atoms with van der Waals surface area (Å²) in [6.07, 6.45) is 4.12. The minimum Gasteiger partial charge on any atom is -0.322 e. The maximum Gasteiger partial charge on any atom is 0.251 e. The molecule has 1 aliphatic carbocycles. The molecule has 1 aliphatic heterocycles. The van der Waals surface area contributed by atoms with E-state index in [0.717, 1.165) is 17.2 Å². The second-order valence-electron chi connectivity index (χ2n) is 9.00. The van der Waals surface area contributed by atoms with Gasteiger partial charge in [0.15, 0.2) is 11.0 Å². The predicted molar refractivity (Wildman–Crippen MR) is 148 cm³/mol. The van der Waals surface area contributed by atoms with Crippen LogP contribution in [0, 0.1) is 5.82 Å². The number of carbonyl (C=O) groups excluding carboxylic acids is 1. The van der Waals surface area contributed by atoms with Gasteiger partial charge in [0.25, 0.3) is 5.91 Å². The lowest BCUT2D eigenvalue weighted by Crippen LogP contribution is -2.34. The summed E-state index contributed by atoms with van der Waals surface area (Å²) in [5.41, 5.74) is 2.84. The van der Waals surface area contributed by atoms with E-state index in [2.05, 4.69) is 14.9 Å². The summed E-state index contributed by atoms with van der Waals surface area (Å²) in [5.74, 6) is -0.114. The van der Waals surface area contributed by atoms with Gasteiger partial charge in [-0.1, -0.05) is 35.9 Å². The molecule has 0 saturated carbocycles. The second kappa shape index (κ2) is 9.95. The average Bonchev–Trinajstić information content (AvgIpc) is 3.15. The molecule has 2 unspecified atom stereocenters. The van der Waals surface area contributed by atoms with Crippen LogP contribution in [0.3, 0.4) is 0 Å². The van der Waals surface area contributed by atoms with E-state index in [1.165, 1.54) is 18.2 Å². The molecule has 0 radical (unpaired) electrons. The summed E-state index contributed by atoms with van der Waals surface area (Å²) in [5, 5.41) is 3.35. The third-order valence-electron chi connectivity index (χ3n) is 6.25. The van der Waals surface area contributed by atoms with Crippen LogP contribution < -0.4 is 14.9 Å². The maximum absolute atomic E-state index is 14.5. The highest BCUT2D eigenvalue weighted by Crippen LogP contribution is 2.42. The third-order valence-corrected chi connectivity index (χ3v) is 7.64. The number of anilines is 3. The summed E-state index contributed by atoms with van der Waals surface area (Å²) >= 11 is 5.88. The van der Waals surface area contributed by atoms with Crippen molar-refractivity contribution in [1.29, 1.82) is 0 Å². The first-order valence-electron chi connectivity index (χ1n) is 11.6. The highest BCUT2D eigenvalue weighted by molar-refractivity contribution is 7.86. The van der Waals surface area contributed by atoms with Crippen molar-refractivity contribution in [2.75, 3.05) is 14.9 Å². The Kier molecular flexibility index (Phi) is 6.70. The SMILES string of the molecule is CC1=NC2(C)CC(C(=O)Nc3ccc(F)c(S(=O)Nc4ccc(Cl)cc4)c3)=CC=C2N1c1ccccc1. The molecular weight excluding hydrogens is 511 g/mol.